The van der Waals surface area contributed by atoms with Gasteiger partial charge in [0.2, 0.25) is 0 Å². The third-order valence-corrected chi connectivity index (χ3v) is 4.56. The summed E-state index contributed by atoms with van der Waals surface area (Å²) in [5.74, 6) is -0.949. The number of halogens is 1. The van der Waals surface area contributed by atoms with Gasteiger partial charge >= 0.3 is 5.97 Å². The van der Waals surface area contributed by atoms with Crippen LogP contribution in [-0.4, -0.2) is 34.4 Å². The molecule has 0 bridgehead atoms. The number of ketones is 1. The molecule has 5 heteroatoms. The Morgan fingerprint density at radius 1 is 1.65 bits per heavy atom. The Balaban J connectivity index is 2.24. The predicted octanol–water partition coefficient (Wildman–Crippen LogP) is 2.00. The highest BCUT2D eigenvalue weighted by molar-refractivity contribution is 6.20. The Kier molecular flexibility index (Phi) is 4.35. The van der Waals surface area contributed by atoms with Crippen LogP contribution in [0.15, 0.2) is 23.8 Å². The number of carbonyl (C=O) groups is 2. The lowest BCUT2D eigenvalue weighted by molar-refractivity contribution is -0.154. The summed E-state index contributed by atoms with van der Waals surface area (Å²) in [7, 11) is 0. The van der Waals surface area contributed by atoms with E-state index in [1.807, 2.05) is 13.0 Å². The molecule has 1 fully saturated rings. The molecule has 0 saturated carbocycles. The fraction of sp³-hybridized carbons (Fsp3) is 0.600. The zero-order valence-corrected chi connectivity index (χ0v) is 12.4. The first-order valence-corrected chi connectivity index (χ1v) is 7.30. The van der Waals surface area contributed by atoms with Gasteiger partial charge in [-0.25, -0.2) is 4.79 Å². The second kappa shape index (κ2) is 5.70. The molecule has 1 heterocycles. The van der Waals surface area contributed by atoms with E-state index in [4.69, 9.17) is 16.3 Å². The van der Waals surface area contributed by atoms with Gasteiger partial charge in [-0.2, -0.15) is 0 Å². The highest BCUT2D eigenvalue weighted by Gasteiger charge is 2.56. The van der Waals surface area contributed by atoms with Crippen molar-refractivity contribution in [3.63, 3.8) is 0 Å². The number of ether oxygens (including phenoxy) is 1. The normalized spacial score (nSPS) is 37.3. The van der Waals surface area contributed by atoms with Crippen molar-refractivity contribution in [3.05, 3.63) is 23.8 Å². The maximum Gasteiger partial charge on any atom is 0.340 e. The van der Waals surface area contributed by atoms with Gasteiger partial charge in [0.15, 0.2) is 11.4 Å². The summed E-state index contributed by atoms with van der Waals surface area (Å²) >= 11 is 5.76. The summed E-state index contributed by atoms with van der Waals surface area (Å²) in [4.78, 5) is 22.8. The third-order valence-electron chi connectivity index (χ3n) is 4.15. The van der Waals surface area contributed by atoms with Gasteiger partial charge in [-0.1, -0.05) is 19.1 Å². The van der Waals surface area contributed by atoms with Gasteiger partial charge in [-0.15, -0.1) is 11.6 Å². The van der Waals surface area contributed by atoms with Gasteiger partial charge in [0.05, 0.1) is 5.88 Å². The van der Waals surface area contributed by atoms with E-state index < -0.39 is 11.6 Å². The maximum atomic E-state index is 11.8. The molecule has 0 spiro atoms. The zero-order chi connectivity index (χ0) is 14.9. The van der Waals surface area contributed by atoms with E-state index in [0.717, 1.165) is 5.57 Å². The quantitative estimate of drug-likeness (QED) is 0.492. The number of rotatable bonds is 3. The predicted molar refractivity (Wildman–Crippen MR) is 75.3 cm³/mol. The monoisotopic (exact) mass is 298 g/mol. The average Bonchev–Trinajstić information content (AvgIpc) is 2.53. The van der Waals surface area contributed by atoms with Crippen LogP contribution in [0.1, 0.15) is 26.7 Å². The molecular formula is C15H19ClO4. The number of fused-ring (bicyclic) bond motifs is 1. The lowest BCUT2D eigenvalue weighted by Crippen LogP contribution is -2.43. The van der Waals surface area contributed by atoms with E-state index in [9.17, 15) is 14.7 Å². The minimum atomic E-state index is -1.60. The molecule has 110 valence electrons. The Hall–Kier alpha value is -1.13. The summed E-state index contributed by atoms with van der Waals surface area (Å²) in [5, 5.41) is 10.4. The molecule has 1 aliphatic heterocycles. The lowest BCUT2D eigenvalue weighted by Gasteiger charge is -2.23. The standard InChI is InChI=1S/C15H19ClO4/c1-9-7-13-12(15(19,8-16)14(18)20-13)6-5-11(9)4-3-10(2)17/h3-5,9,12-13,19H,6-8H2,1-2H3/b4-3+/t9-,12-,13+,15-/m0/s1. The Labute approximate surface area is 123 Å². The lowest BCUT2D eigenvalue weighted by atomic mass is 9.84. The first-order chi connectivity index (χ1) is 9.38. The molecule has 0 aromatic heterocycles. The smallest absolute Gasteiger partial charge is 0.340 e. The van der Waals surface area contributed by atoms with Crippen molar-refractivity contribution in [2.24, 2.45) is 11.8 Å². The van der Waals surface area contributed by atoms with Crippen LogP contribution in [0, 0.1) is 11.8 Å². The molecule has 20 heavy (non-hydrogen) atoms. The molecule has 0 radical (unpaired) electrons. The van der Waals surface area contributed by atoms with E-state index in [-0.39, 0.29) is 29.6 Å². The summed E-state index contributed by atoms with van der Waals surface area (Å²) < 4.78 is 5.30. The Morgan fingerprint density at radius 2 is 2.35 bits per heavy atom. The van der Waals surface area contributed by atoms with E-state index in [1.54, 1.807) is 6.08 Å². The van der Waals surface area contributed by atoms with Crippen LogP contribution in [-0.2, 0) is 14.3 Å². The molecule has 0 unspecified atom stereocenters. The van der Waals surface area contributed by atoms with Crippen molar-refractivity contribution in [2.75, 3.05) is 5.88 Å². The second-order valence-electron chi connectivity index (χ2n) is 5.63. The molecule has 1 aliphatic carbocycles. The van der Waals surface area contributed by atoms with Crippen molar-refractivity contribution in [1.82, 2.24) is 0 Å². The molecule has 2 rings (SSSR count). The van der Waals surface area contributed by atoms with Crippen molar-refractivity contribution < 1.29 is 19.4 Å². The molecule has 4 nitrogen and oxygen atoms in total. The van der Waals surface area contributed by atoms with Gasteiger partial charge in [-0.3, -0.25) is 4.79 Å². The molecule has 1 saturated heterocycles. The van der Waals surface area contributed by atoms with Gasteiger partial charge in [0.1, 0.15) is 6.10 Å². The van der Waals surface area contributed by atoms with Crippen LogP contribution >= 0.6 is 11.6 Å². The minimum Gasteiger partial charge on any atom is -0.460 e. The highest BCUT2D eigenvalue weighted by Crippen LogP contribution is 2.42. The first kappa shape index (κ1) is 15.3. The summed E-state index contributed by atoms with van der Waals surface area (Å²) in [6, 6.07) is 0. The molecule has 0 amide bonds. The number of hydrogen-bond acceptors (Lipinski definition) is 4. The SMILES string of the molecule is CC(=O)/C=C/C1=CC[C@H]2[C@@H](C[C@@H]1C)OC(=O)[C@]2(O)CCl. The van der Waals surface area contributed by atoms with Gasteiger partial charge < -0.3 is 9.84 Å². The summed E-state index contributed by atoms with van der Waals surface area (Å²) in [6.07, 6.45) is 6.12. The molecular weight excluding hydrogens is 280 g/mol. The van der Waals surface area contributed by atoms with Crippen molar-refractivity contribution in [3.8, 4) is 0 Å². The fourth-order valence-corrected chi connectivity index (χ4v) is 3.20. The summed E-state index contributed by atoms with van der Waals surface area (Å²) in [5.41, 5.74) is -0.565. The van der Waals surface area contributed by atoms with E-state index in [0.29, 0.717) is 12.8 Å². The maximum absolute atomic E-state index is 11.8. The minimum absolute atomic E-state index is 0.00812. The van der Waals surface area contributed by atoms with Crippen molar-refractivity contribution in [1.29, 1.82) is 0 Å². The molecule has 0 aromatic rings. The topological polar surface area (TPSA) is 63.6 Å². The zero-order valence-electron chi connectivity index (χ0n) is 11.6. The van der Waals surface area contributed by atoms with Crippen LogP contribution in [0.4, 0.5) is 0 Å². The number of alkyl halides is 1. The Bertz CT molecular complexity index is 482. The van der Waals surface area contributed by atoms with Gasteiger partial charge in [0.25, 0.3) is 0 Å². The second-order valence-corrected chi connectivity index (χ2v) is 5.90. The van der Waals surface area contributed by atoms with Crippen molar-refractivity contribution >= 4 is 23.4 Å². The fourth-order valence-electron chi connectivity index (χ4n) is 2.89. The summed E-state index contributed by atoms with van der Waals surface area (Å²) in [6.45, 7) is 3.52. The van der Waals surface area contributed by atoms with E-state index in [2.05, 4.69) is 0 Å². The Morgan fingerprint density at radius 3 is 2.95 bits per heavy atom. The third kappa shape index (κ3) is 2.67. The number of carbonyl (C=O) groups excluding carboxylic acids is 2. The van der Waals surface area contributed by atoms with E-state index >= 15 is 0 Å². The van der Waals surface area contributed by atoms with Crippen LogP contribution < -0.4 is 0 Å². The number of hydrogen-bond donors (Lipinski definition) is 1. The number of esters is 1. The molecule has 2 aliphatic rings. The van der Waals surface area contributed by atoms with E-state index in [1.165, 1.54) is 13.0 Å². The average molecular weight is 299 g/mol. The number of allylic oxidation sites excluding steroid dienone is 4. The number of aliphatic hydroxyl groups is 1. The molecule has 0 aromatic carbocycles. The van der Waals surface area contributed by atoms with Crippen LogP contribution in [0.3, 0.4) is 0 Å². The largest absolute Gasteiger partial charge is 0.460 e. The first-order valence-electron chi connectivity index (χ1n) is 6.76. The van der Waals surface area contributed by atoms with Gasteiger partial charge in [0, 0.05) is 5.92 Å². The van der Waals surface area contributed by atoms with Crippen LogP contribution in [0.2, 0.25) is 0 Å². The highest BCUT2D eigenvalue weighted by atomic mass is 35.5. The van der Waals surface area contributed by atoms with Crippen LogP contribution in [0.25, 0.3) is 0 Å². The molecule has 4 atom stereocenters. The van der Waals surface area contributed by atoms with Crippen molar-refractivity contribution in [2.45, 2.75) is 38.4 Å². The molecule has 1 N–H and O–H groups in total. The van der Waals surface area contributed by atoms with Crippen LogP contribution in [0.5, 0.6) is 0 Å². The van der Waals surface area contributed by atoms with Gasteiger partial charge in [-0.05, 0) is 37.3 Å².